The minimum atomic E-state index is -0.512. The third-order valence-electron chi connectivity index (χ3n) is 2.75. The molecule has 8 heteroatoms. The van der Waals surface area contributed by atoms with Crippen molar-refractivity contribution in [2.75, 3.05) is 11.9 Å². The second kappa shape index (κ2) is 4.88. The van der Waals surface area contributed by atoms with Gasteiger partial charge in [0.05, 0.1) is 6.61 Å². The molecule has 2 aromatic heterocycles. The largest absolute Gasteiger partial charge is 0.395 e. The maximum Gasteiger partial charge on any atom is 0.329 e. The van der Waals surface area contributed by atoms with Crippen LogP contribution in [-0.2, 0) is 13.6 Å². The van der Waals surface area contributed by atoms with Gasteiger partial charge >= 0.3 is 5.69 Å². The first-order valence-electron chi connectivity index (χ1n) is 6.02. The van der Waals surface area contributed by atoms with E-state index in [1.165, 1.54) is 11.6 Å². The van der Waals surface area contributed by atoms with E-state index < -0.39 is 11.2 Å². The highest BCUT2D eigenvalue weighted by Gasteiger charge is 2.17. The zero-order chi connectivity index (χ0) is 14.2. The van der Waals surface area contributed by atoms with Crippen molar-refractivity contribution in [2.45, 2.75) is 26.4 Å². The number of nitrogens with zero attached hydrogens (tertiary/aromatic N) is 3. The van der Waals surface area contributed by atoms with Gasteiger partial charge in [0.25, 0.3) is 5.56 Å². The number of fused-ring (bicyclic) bond motifs is 1. The molecule has 2 heterocycles. The summed E-state index contributed by atoms with van der Waals surface area (Å²) in [7, 11) is 1.54. The standard InChI is InChI=1S/C11H17N5O3/c1-6(2)12-10-13-8-7(16(10)4-5-17)9(18)14-11(19)15(8)3/h6,17H,4-5H2,1-3H3,(H,12,13)(H,14,18,19). The molecular weight excluding hydrogens is 250 g/mol. The molecule has 0 bridgehead atoms. The van der Waals surface area contributed by atoms with Crippen LogP contribution < -0.4 is 16.6 Å². The van der Waals surface area contributed by atoms with Gasteiger partial charge < -0.3 is 15.0 Å². The molecule has 2 aromatic rings. The Kier molecular flexibility index (Phi) is 3.43. The lowest BCUT2D eigenvalue weighted by Gasteiger charge is -2.11. The molecule has 19 heavy (non-hydrogen) atoms. The number of aryl methyl sites for hydroxylation is 1. The Hall–Kier alpha value is -2.09. The predicted octanol–water partition coefficient (Wildman–Crippen LogP) is -0.764. The zero-order valence-corrected chi connectivity index (χ0v) is 11.1. The van der Waals surface area contributed by atoms with E-state index in [1.54, 1.807) is 4.57 Å². The number of nitrogens with one attached hydrogen (secondary N) is 2. The fourth-order valence-corrected chi connectivity index (χ4v) is 1.92. The van der Waals surface area contributed by atoms with Gasteiger partial charge in [-0.05, 0) is 13.8 Å². The monoisotopic (exact) mass is 267 g/mol. The first kappa shape index (κ1) is 13.3. The summed E-state index contributed by atoms with van der Waals surface area (Å²) < 4.78 is 2.85. The maximum atomic E-state index is 11.9. The average Bonchev–Trinajstić information content (AvgIpc) is 2.66. The summed E-state index contributed by atoms with van der Waals surface area (Å²) in [6.45, 7) is 3.98. The Labute approximate surface area is 108 Å². The molecule has 0 fully saturated rings. The number of rotatable bonds is 4. The molecule has 0 radical (unpaired) electrons. The first-order valence-corrected chi connectivity index (χ1v) is 6.02. The summed E-state index contributed by atoms with van der Waals surface area (Å²) in [5.74, 6) is 0.464. The van der Waals surface area contributed by atoms with Crippen LogP contribution in [-0.4, -0.2) is 36.9 Å². The Morgan fingerprint density at radius 3 is 2.68 bits per heavy atom. The van der Waals surface area contributed by atoms with Crippen LogP contribution >= 0.6 is 0 Å². The lowest BCUT2D eigenvalue weighted by atomic mass is 10.4. The number of anilines is 1. The van der Waals surface area contributed by atoms with E-state index in [0.29, 0.717) is 11.6 Å². The molecule has 0 aliphatic heterocycles. The van der Waals surface area contributed by atoms with Gasteiger partial charge in [0.2, 0.25) is 5.95 Å². The van der Waals surface area contributed by atoms with E-state index in [2.05, 4.69) is 15.3 Å². The lowest BCUT2D eigenvalue weighted by Crippen LogP contribution is -2.29. The highest BCUT2D eigenvalue weighted by atomic mass is 16.3. The van der Waals surface area contributed by atoms with Crippen LogP contribution in [0.5, 0.6) is 0 Å². The van der Waals surface area contributed by atoms with Gasteiger partial charge in [0, 0.05) is 19.6 Å². The van der Waals surface area contributed by atoms with Gasteiger partial charge in [-0.3, -0.25) is 14.3 Å². The smallest absolute Gasteiger partial charge is 0.329 e. The fourth-order valence-electron chi connectivity index (χ4n) is 1.92. The molecule has 3 N–H and O–H groups in total. The van der Waals surface area contributed by atoms with E-state index in [9.17, 15) is 9.59 Å². The number of hydrogen-bond acceptors (Lipinski definition) is 5. The Balaban J connectivity index is 2.80. The van der Waals surface area contributed by atoms with Gasteiger partial charge in [-0.1, -0.05) is 0 Å². The molecular formula is C11H17N5O3. The van der Waals surface area contributed by atoms with Crippen LogP contribution in [0.2, 0.25) is 0 Å². The number of aromatic amines is 1. The minimum Gasteiger partial charge on any atom is -0.395 e. The highest BCUT2D eigenvalue weighted by molar-refractivity contribution is 5.74. The molecule has 0 amide bonds. The summed E-state index contributed by atoms with van der Waals surface area (Å²) in [5, 5.41) is 12.2. The molecule has 0 saturated heterocycles. The number of hydrogen-bond donors (Lipinski definition) is 3. The Morgan fingerprint density at radius 2 is 2.11 bits per heavy atom. The van der Waals surface area contributed by atoms with Gasteiger partial charge in [-0.2, -0.15) is 4.98 Å². The molecule has 0 unspecified atom stereocenters. The topological polar surface area (TPSA) is 105 Å². The van der Waals surface area contributed by atoms with Crippen molar-refractivity contribution in [2.24, 2.45) is 7.05 Å². The summed E-state index contributed by atoms with van der Waals surface area (Å²) in [4.78, 5) is 30.0. The number of aromatic nitrogens is 4. The van der Waals surface area contributed by atoms with E-state index in [0.717, 1.165) is 0 Å². The van der Waals surface area contributed by atoms with Crippen LogP contribution in [0.15, 0.2) is 9.59 Å². The van der Waals surface area contributed by atoms with Crippen molar-refractivity contribution in [1.29, 1.82) is 0 Å². The summed E-state index contributed by atoms with van der Waals surface area (Å²) in [6, 6.07) is 0.116. The lowest BCUT2D eigenvalue weighted by molar-refractivity contribution is 0.278. The second-order valence-electron chi connectivity index (χ2n) is 4.60. The van der Waals surface area contributed by atoms with E-state index in [1.807, 2.05) is 13.8 Å². The van der Waals surface area contributed by atoms with Gasteiger partial charge in [0.15, 0.2) is 11.2 Å². The van der Waals surface area contributed by atoms with Crippen LogP contribution in [0.1, 0.15) is 13.8 Å². The SMILES string of the molecule is CC(C)Nc1nc2c(c(=O)[nH]c(=O)n2C)n1CCO. The van der Waals surface area contributed by atoms with Crippen molar-refractivity contribution in [3.63, 3.8) is 0 Å². The van der Waals surface area contributed by atoms with E-state index >= 15 is 0 Å². The molecule has 8 nitrogen and oxygen atoms in total. The van der Waals surface area contributed by atoms with Crippen LogP contribution in [0.3, 0.4) is 0 Å². The van der Waals surface area contributed by atoms with Crippen molar-refractivity contribution in [3.8, 4) is 0 Å². The van der Waals surface area contributed by atoms with Crippen molar-refractivity contribution in [1.82, 2.24) is 19.1 Å². The zero-order valence-electron chi connectivity index (χ0n) is 11.1. The third-order valence-corrected chi connectivity index (χ3v) is 2.75. The van der Waals surface area contributed by atoms with Crippen LogP contribution in [0.4, 0.5) is 5.95 Å². The Morgan fingerprint density at radius 1 is 1.42 bits per heavy atom. The molecule has 104 valence electrons. The first-order chi connectivity index (χ1) is 8.95. The molecule has 0 saturated carbocycles. The third kappa shape index (κ3) is 2.26. The van der Waals surface area contributed by atoms with Crippen molar-refractivity contribution in [3.05, 3.63) is 20.8 Å². The molecule has 0 atom stereocenters. The fraction of sp³-hybridized carbons (Fsp3) is 0.545. The second-order valence-corrected chi connectivity index (χ2v) is 4.60. The summed E-state index contributed by atoms with van der Waals surface area (Å²) >= 11 is 0. The van der Waals surface area contributed by atoms with E-state index in [4.69, 9.17) is 5.11 Å². The molecule has 0 aliphatic carbocycles. The van der Waals surface area contributed by atoms with Crippen LogP contribution in [0.25, 0.3) is 11.2 Å². The van der Waals surface area contributed by atoms with Gasteiger partial charge in [-0.25, -0.2) is 4.79 Å². The highest BCUT2D eigenvalue weighted by Crippen LogP contribution is 2.15. The number of imidazole rings is 1. The number of aliphatic hydroxyl groups excluding tert-OH is 1. The van der Waals surface area contributed by atoms with Crippen LogP contribution in [0, 0.1) is 0 Å². The minimum absolute atomic E-state index is 0.116. The molecule has 0 aromatic carbocycles. The van der Waals surface area contributed by atoms with Gasteiger partial charge in [-0.15, -0.1) is 0 Å². The molecule has 0 spiro atoms. The normalized spacial score (nSPS) is 11.4. The predicted molar refractivity (Wildman–Crippen MR) is 71.4 cm³/mol. The van der Waals surface area contributed by atoms with Gasteiger partial charge in [0.1, 0.15) is 0 Å². The maximum absolute atomic E-state index is 11.9. The molecule has 2 rings (SSSR count). The quantitative estimate of drug-likeness (QED) is 0.675. The Bertz CT molecular complexity index is 709. The average molecular weight is 267 g/mol. The van der Waals surface area contributed by atoms with Crippen molar-refractivity contribution < 1.29 is 5.11 Å². The summed E-state index contributed by atoms with van der Waals surface area (Å²) in [6.07, 6.45) is 0. The molecule has 0 aliphatic rings. The van der Waals surface area contributed by atoms with E-state index in [-0.39, 0.29) is 24.7 Å². The van der Waals surface area contributed by atoms with Crippen molar-refractivity contribution >= 4 is 17.1 Å². The summed E-state index contributed by atoms with van der Waals surface area (Å²) in [5.41, 5.74) is -0.442. The number of aliphatic hydroxyl groups is 1. The number of H-pyrrole nitrogens is 1.